The number of nitrogens with one attached hydrogen (secondary N) is 3. The predicted octanol–water partition coefficient (Wildman–Crippen LogP) is 4.40. The SMILES string of the molecule is CC.CCc1[nH]nc(Nc2cccc(C(F)(F)F)c2)c1CNC(C)=O. The molecular weight excluding hydrogens is 333 g/mol. The van der Waals surface area contributed by atoms with E-state index >= 15 is 0 Å². The van der Waals surface area contributed by atoms with E-state index in [4.69, 9.17) is 0 Å². The van der Waals surface area contributed by atoms with Crippen LogP contribution >= 0.6 is 0 Å². The van der Waals surface area contributed by atoms with Crippen molar-refractivity contribution in [3.05, 3.63) is 41.1 Å². The monoisotopic (exact) mass is 356 g/mol. The van der Waals surface area contributed by atoms with Gasteiger partial charge in [-0.2, -0.15) is 18.3 Å². The number of aromatic nitrogens is 2. The van der Waals surface area contributed by atoms with Gasteiger partial charge in [-0.25, -0.2) is 0 Å². The number of benzene rings is 1. The van der Waals surface area contributed by atoms with Crippen molar-refractivity contribution >= 4 is 17.4 Å². The molecule has 8 heteroatoms. The molecule has 138 valence electrons. The van der Waals surface area contributed by atoms with Crippen molar-refractivity contribution in [3.8, 4) is 0 Å². The molecule has 3 N–H and O–H groups in total. The number of amides is 1. The van der Waals surface area contributed by atoms with Gasteiger partial charge in [0.05, 0.1) is 5.56 Å². The zero-order valence-corrected chi connectivity index (χ0v) is 14.7. The Morgan fingerprint density at radius 1 is 1.28 bits per heavy atom. The van der Waals surface area contributed by atoms with Crippen LogP contribution in [-0.4, -0.2) is 16.1 Å². The summed E-state index contributed by atoms with van der Waals surface area (Å²) in [5.41, 5.74) is 1.07. The van der Waals surface area contributed by atoms with Gasteiger partial charge in [-0.15, -0.1) is 0 Å². The minimum absolute atomic E-state index is 0.196. The Morgan fingerprint density at radius 3 is 2.52 bits per heavy atom. The molecule has 1 aromatic heterocycles. The number of hydrogen-bond donors (Lipinski definition) is 3. The highest BCUT2D eigenvalue weighted by molar-refractivity contribution is 5.73. The summed E-state index contributed by atoms with van der Waals surface area (Å²) in [4.78, 5) is 11.1. The highest BCUT2D eigenvalue weighted by atomic mass is 19.4. The standard InChI is InChI=1S/C15H17F3N4O.C2H6/c1-3-13-12(8-19-9(2)23)14(22-21-13)20-11-6-4-5-10(7-11)15(16,17)18;1-2/h4-7H,3,8H2,1-2H3,(H,19,23)(H2,20,21,22);1-2H3. The highest BCUT2D eigenvalue weighted by Gasteiger charge is 2.30. The number of alkyl halides is 3. The molecule has 0 saturated heterocycles. The molecule has 0 aliphatic carbocycles. The lowest BCUT2D eigenvalue weighted by Gasteiger charge is -2.11. The maximum absolute atomic E-state index is 12.8. The summed E-state index contributed by atoms with van der Waals surface area (Å²) in [7, 11) is 0. The molecule has 5 nitrogen and oxygen atoms in total. The van der Waals surface area contributed by atoms with Crippen LogP contribution in [0.15, 0.2) is 24.3 Å². The van der Waals surface area contributed by atoms with E-state index in [9.17, 15) is 18.0 Å². The van der Waals surface area contributed by atoms with E-state index in [0.29, 0.717) is 12.2 Å². The first-order valence-electron chi connectivity index (χ1n) is 8.06. The Morgan fingerprint density at radius 2 is 1.96 bits per heavy atom. The van der Waals surface area contributed by atoms with Crippen LogP contribution in [-0.2, 0) is 23.9 Å². The lowest BCUT2D eigenvalue weighted by atomic mass is 10.1. The topological polar surface area (TPSA) is 69.8 Å². The van der Waals surface area contributed by atoms with Crippen molar-refractivity contribution in [1.29, 1.82) is 0 Å². The fourth-order valence-electron chi connectivity index (χ4n) is 2.11. The molecule has 0 aliphatic heterocycles. The van der Waals surface area contributed by atoms with Gasteiger partial charge in [0.15, 0.2) is 5.82 Å². The van der Waals surface area contributed by atoms with Crippen molar-refractivity contribution in [3.63, 3.8) is 0 Å². The smallest absolute Gasteiger partial charge is 0.352 e. The van der Waals surface area contributed by atoms with Crippen molar-refractivity contribution < 1.29 is 18.0 Å². The molecule has 0 saturated carbocycles. The van der Waals surface area contributed by atoms with Crippen molar-refractivity contribution in [2.24, 2.45) is 0 Å². The largest absolute Gasteiger partial charge is 0.416 e. The van der Waals surface area contributed by atoms with Crippen molar-refractivity contribution in [1.82, 2.24) is 15.5 Å². The van der Waals surface area contributed by atoms with E-state index < -0.39 is 11.7 Å². The van der Waals surface area contributed by atoms with E-state index in [0.717, 1.165) is 23.4 Å². The molecule has 0 bridgehead atoms. The minimum atomic E-state index is -4.41. The van der Waals surface area contributed by atoms with Crippen LogP contribution in [0.4, 0.5) is 24.7 Å². The van der Waals surface area contributed by atoms with E-state index in [1.54, 1.807) is 0 Å². The summed E-state index contributed by atoms with van der Waals surface area (Å²) >= 11 is 0. The van der Waals surface area contributed by atoms with Gasteiger partial charge in [-0.1, -0.05) is 26.8 Å². The van der Waals surface area contributed by atoms with Crippen LogP contribution < -0.4 is 10.6 Å². The van der Waals surface area contributed by atoms with Crippen LogP contribution in [0.2, 0.25) is 0 Å². The molecule has 0 spiro atoms. The fourth-order valence-corrected chi connectivity index (χ4v) is 2.11. The first kappa shape index (κ1) is 20.5. The van der Waals surface area contributed by atoms with Gasteiger partial charge in [-0.05, 0) is 24.6 Å². The van der Waals surface area contributed by atoms with Gasteiger partial charge < -0.3 is 10.6 Å². The Bertz CT molecular complexity index is 695. The van der Waals surface area contributed by atoms with Gasteiger partial charge in [0, 0.05) is 30.4 Å². The quantitative estimate of drug-likeness (QED) is 0.744. The Labute approximate surface area is 145 Å². The number of H-pyrrole nitrogens is 1. The predicted molar refractivity (Wildman–Crippen MR) is 91.6 cm³/mol. The first-order valence-corrected chi connectivity index (χ1v) is 8.06. The van der Waals surface area contributed by atoms with Crippen molar-refractivity contribution in [2.45, 2.75) is 46.8 Å². The molecule has 2 aromatic rings. The molecule has 0 unspecified atom stereocenters. The molecule has 0 aliphatic rings. The molecule has 0 atom stereocenters. The molecule has 1 heterocycles. The van der Waals surface area contributed by atoms with E-state index in [1.165, 1.54) is 19.1 Å². The summed E-state index contributed by atoms with van der Waals surface area (Å²) in [6.07, 6.45) is -3.75. The number of carbonyl (C=O) groups is 1. The second-order valence-corrected chi connectivity index (χ2v) is 5.00. The average molecular weight is 356 g/mol. The Balaban J connectivity index is 0.00000151. The summed E-state index contributed by atoms with van der Waals surface area (Å²) in [6, 6.07) is 4.87. The third-order valence-electron chi connectivity index (χ3n) is 3.27. The van der Waals surface area contributed by atoms with Crippen LogP contribution in [0.25, 0.3) is 0 Å². The average Bonchev–Trinajstić information content (AvgIpc) is 2.96. The number of carbonyl (C=O) groups excluding carboxylic acids is 1. The van der Waals surface area contributed by atoms with E-state index in [1.807, 2.05) is 20.8 Å². The number of aryl methyl sites for hydroxylation is 1. The third kappa shape index (κ3) is 5.81. The van der Waals surface area contributed by atoms with Gasteiger partial charge >= 0.3 is 6.18 Å². The zero-order valence-electron chi connectivity index (χ0n) is 14.7. The van der Waals surface area contributed by atoms with Crippen LogP contribution in [0.3, 0.4) is 0 Å². The summed E-state index contributed by atoms with van der Waals surface area (Å²) < 4.78 is 38.3. The van der Waals surface area contributed by atoms with Crippen LogP contribution in [0.5, 0.6) is 0 Å². The molecule has 0 fully saturated rings. The summed E-state index contributed by atoms with van der Waals surface area (Å²) in [5, 5.41) is 12.4. The number of aromatic amines is 1. The van der Waals surface area contributed by atoms with Gasteiger partial charge in [-0.3, -0.25) is 9.89 Å². The Kier molecular flexibility index (Phi) is 7.47. The van der Waals surface area contributed by atoms with Gasteiger partial charge in [0.25, 0.3) is 0 Å². The second-order valence-electron chi connectivity index (χ2n) is 5.00. The second kappa shape index (κ2) is 9.10. The van der Waals surface area contributed by atoms with E-state index in [2.05, 4.69) is 20.8 Å². The van der Waals surface area contributed by atoms with Crippen LogP contribution in [0, 0.1) is 0 Å². The number of anilines is 2. The number of nitrogens with zero attached hydrogens (tertiary/aromatic N) is 1. The highest BCUT2D eigenvalue weighted by Crippen LogP contribution is 2.31. The molecule has 1 amide bonds. The molecule has 1 aromatic carbocycles. The molecule has 25 heavy (non-hydrogen) atoms. The normalized spacial score (nSPS) is 10.7. The lowest BCUT2D eigenvalue weighted by molar-refractivity contribution is -0.137. The van der Waals surface area contributed by atoms with Crippen LogP contribution in [0.1, 0.15) is 44.5 Å². The molecular formula is C17H23F3N4O. The maximum atomic E-state index is 12.8. The number of hydrogen-bond acceptors (Lipinski definition) is 3. The van der Waals surface area contributed by atoms with Crippen molar-refractivity contribution in [2.75, 3.05) is 5.32 Å². The molecule has 0 radical (unpaired) electrons. The first-order chi connectivity index (χ1) is 11.8. The third-order valence-corrected chi connectivity index (χ3v) is 3.27. The zero-order chi connectivity index (χ0) is 19.0. The lowest BCUT2D eigenvalue weighted by Crippen LogP contribution is -2.20. The number of halogens is 3. The Hall–Kier alpha value is -2.51. The minimum Gasteiger partial charge on any atom is -0.352 e. The maximum Gasteiger partial charge on any atom is 0.416 e. The van der Waals surface area contributed by atoms with Gasteiger partial charge in [0.2, 0.25) is 5.91 Å². The summed E-state index contributed by atoms with van der Waals surface area (Å²) in [6.45, 7) is 7.56. The number of rotatable bonds is 5. The summed E-state index contributed by atoms with van der Waals surface area (Å²) in [5.74, 6) is 0.202. The fraction of sp³-hybridized carbons (Fsp3) is 0.412. The molecule has 2 rings (SSSR count). The van der Waals surface area contributed by atoms with Gasteiger partial charge in [0.1, 0.15) is 0 Å². The van der Waals surface area contributed by atoms with E-state index in [-0.39, 0.29) is 18.1 Å².